The van der Waals surface area contributed by atoms with Crippen LogP contribution in [0.1, 0.15) is 0 Å². The van der Waals surface area contributed by atoms with Crippen LogP contribution in [0.3, 0.4) is 0 Å². The van der Waals surface area contributed by atoms with Crippen LogP contribution in [-0.4, -0.2) is 0 Å². The second-order valence-corrected chi connectivity index (χ2v) is 14.3. The van der Waals surface area contributed by atoms with E-state index in [1.807, 2.05) is 11.3 Å². The van der Waals surface area contributed by atoms with Gasteiger partial charge >= 0.3 is 0 Å². The molecule has 2 aromatic heterocycles. The van der Waals surface area contributed by atoms with Crippen LogP contribution >= 0.6 is 11.3 Å². The average Bonchev–Trinajstić information content (AvgIpc) is 3.74. The lowest BCUT2D eigenvalue weighted by Crippen LogP contribution is -1.97. The Kier molecular flexibility index (Phi) is 5.89. The Balaban J connectivity index is 1.07. The van der Waals surface area contributed by atoms with Crippen molar-refractivity contribution in [2.75, 3.05) is 0 Å². The zero-order chi connectivity index (χ0) is 32.8. The Morgan fingerprint density at radius 2 is 0.680 bits per heavy atom. The summed E-state index contributed by atoms with van der Waals surface area (Å²) in [6.07, 6.45) is 0. The van der Waals surface area contributed by atoms with Crippen LogP contribution in [0.5, 0.6) is 0 Å². The number of hydrogen-bond acceptors (Lipinski definition) is 2. The summed E-state index contributed by atoms with van der Waals surface area (Å²) < 4.78 is 9.04. The molecule has 232 valence electrons. The van der Waals surface area contributed by atoms with Gasteiger partial charge in [0.05, 0.1) is 0 Å². The largest absolute Gasteiger partial charge is 0.456 e. The number of furan rings is 1. The van der Waals surface area contributed by atoms with Crippen molar-refractivity contribution in [2.24, 2.45) is 0 Å². The lowest BCUT2D eigenvalue weighted by molar-refractivity contribution is 0.669. The molecule has 0 atom stereocenters. The Morgan fingerprint density at radius 3 is 1.26 bits per heavy atom. The molecule has 0 amide bonds. The van der Waals surface area contributed by atoms with Crippen molar-refractivity contribution in [3.8, 4) is 66.8 Å². The van der Waals surface area contributed by atoms with E-state index in [-0.39, 0.29) is 0 Å². The van der Waals surface area contributed by atoms with Crippen molar-refractivity contribution >= 4 is 53.4 Å². The van der Waals surface area contributed by atoms with Gasteiger partial charge in [-0.15, -0.1) is 11.3 Å². The predicted molar refractivity (Wildman–Crippen MR) is 213 cm³/mol. The van der Waals surface area contributed by atoms with E-state index in [4.69, 9.17) is 4.42 Å². The van der Waals surface area contributed by atoms with E-state index in [9.17, 15) is 0 Å². The first-order valence-corrected chi connectivity index (χ1v) is 17.9. The second kappa shape index (κ2) is 10.6. The van der Waals surface area contributed by atoms with E-state index in [0.717, 1.165) is 21.9 Å². The third-order valence-corrected chi connectivity index (χ3v) is 11.6. The molecule has 1 aliphatic carbocycles. The normalized spacial score (nSPS) is 12.0. The Labute approximate surface area is 293 Å². The lowest BCUT2D eigenvalue weighted by Gasteiger charge is -2.23. The molecule has 50 heavy (non-hydrogen) atoms. The Hall–Kier alpha value is -6.22. The molecular weight excluding hydrogens is 625 g/mol. The molecule has 0 unspecified atom stereocenters. The van der Waals surface area contributed by atoms with Gasteiger partial charge in [-0.3, -0.25) is 0 Å². The van der Waals surface area contributed by atoms with Crippen molar-refractivity contribution in [3.05, 3.63) is 170 Å². The molecule has 1 aliphatic rings. The fourth-order valence-electron chi connectivity index (χ4n) is 8.08. The average molecular weight is 653 g/mol. The summed E-state index contributed by atoms with van der Waals surface area (Å²) in [5.41, 5.74) is 16.6. The van der Waals surface area contributed by atoms with Gasteiger partial charge in [0.25, 0.3) is 0 Å². The van der Waals surface area contributed by atoms with Crippen LogP contribution in [0.15, 0.2) is 174 Å². The van der Waals surface area contributed by atoms with Crippen LogP contribution in [0.25, 0.3) is 109 Å². The minimum absolute atomic E-state index is 0.905. The number of hydrogen-bond donors (Lipinski definition) is 0. The van der Waals surface area contributed by atoms with Gasteiger partial charge < -0.3 is 4.42 Å². The molecule has 0 N–H and O–H groups in total. The van der Waals surface area contributed by atoms with Gasteiger partial charge in [-0.25, -0.2) is 0 Å². The molecule has 2 heteroatoms. The van der Waals surface area contributed by atoms with Gasteiger partial charge in [0.1, 0.15) is 11.2 Å². The van der Waals surface area contributed by atoms with E-state index in [2.05, 4.69) is 170 Å². The smallest absolute Gasteiger partial charge is 0.135 e. The molecular formula is C48H28OS. The zero-order valence-electron chi connectivity index (χ0n) is 27.0. The molecule has 1 nitrogen and oxygen atoms in total. The first-order valence-electron chi connectivity index (χ1n) is 17.1. The summed E-state index contributed by atoms with van der Waals surface area (Å²) in [5.74, 6) is 0. The first kappa shape index (κ1) is 27.7. The lowest BCUT2D eigenvalue weighted by atomic mass is 9.80. The van der Waals surface area contributed by atoms with Crippen molar-refractivity contribution in [1.29, 1.82) is 0 Å². The van der Waals surface area contributed by atoms with Crippen molar-refractivity contribution < 1.29 is 4.42 Å². The monoisotopic (exact) mass is 652 g/mol. The molecule has 0 aliphatic heterocycles. The molecule has 0 radical (unpaired) electrons. The molecule has 2 heterocycles. The minimum atomic E-state index is 0.905. The Bertz CT molecular complexity index is 2990. The van der Waals surface area contributed by atoms with Gasteiger partial charge in [-0.05, 0) is 115 Å². The molecule has 0 saturated carbocycles. The fourth-order valence-corrected chi connectivity index (χ4v) is 9.17. The first-order chi connectivity index (χ1) is 24.8. The van der Waals surface area contributed by atoms with Crippen LogP contribution in [-0.2, 0) is 0 Å². The van der Waals surface area contributed by atoms with Crippen molar-refractivity contribution in [2.45, 2.75) is 0 Å². The highest BCUT2D eigenvalue weighted by atomic mass is 32.1. The van der Waals surface area contributed by atoms with E-state index < -0.39 is 0 Å². The summed E-state index contributed by atoms with van der Waals surface area (Å²) in [7, 11) is 0. The number of rotatable bonds is 2. The standard InChI is InChI=1S/C48H28OS/c1-2-10-34-33(9-1)35-11-3-4-13-37(35)39-21-17-29(25-41(39)38-14-6-5-12-36(34)38)30-18-22-45-42(26-30)43-27-31(19-23-46(43)49-45)32-20-24-48-44(28-32)40-15-7-8-16-47(40)50-48/h1-28H. The molecule has 0 spiro atoms. The molecule has 0 saturated heterocycles. The Morgan fingerprint density at radius 1 is 0.280 bits per heavy atom. The number of thiophene rings is 1. The predicted octanol–water partition coefficient (Wildman–Crippen LogP) is 14.3. The van der Waals surface area contributed by atoms with Crippen molar-refractivity contribution in [3.63, 3.8) is 0 Å². The van der Waals surface area contributed by atoms with Crippen LogP contribution in [0, 0.1) is 0 Å². The summed E-state index contributed by atoms with van der Waals surface area (Å²) in [6.45, 7) is 0. The van der Waals surface area contributed by atoms with Crippen LogP contribution in [0.2, 0.25) is 0 Å². The maximum absolute atomic E-state index is 6.39. The van der Waals surface area contributed by atoms with E-state index >= 15 is 0 Å². The summed E-state index contributed by atoms with van der Waals surface area (Å²) in [6, 6.07) is 62.2. The van der Waals surface area contributed by atoms with E-state index in [0.29, 0.717) is 0 Å². The zero-order valence-corrected chi connectivity index (χ0v) is 27.8. The fraction of sp³-hybridized carbons (Fsp3) is 0. The van der Waals surface area contributed by atoms with Crippen LogP contribution in [0.4, 0.5) is 0 Å². The summed E-state index contributed by atoms with van der Waals surface area (Å²) in [4.78, 5) is 0. The highest BCUT2D eigenvalue weighted by Gasteiger charge is 2.22. The third kappa shape index (κ3) is 4.13. The van der Waals surface area contributed by atoms with Crippen LogP contribution < -0.4 is 0 Å². The number of fused-ring (bicyclic) bond motifs is 14. The highest BCUT2D eigenvalue weighted by molar-refractivity contribution is 7.25. The van der Waals surface area contributed by atoms with Gasteiger partial charge in [0.2, 0.25) is 0 Å². The van der Waals surface area contributed by atoms with Crippen molar-refractivity contribution in [1.82, 2.24) is 0 Å². The third-order valence-electron chi connectivity index (χ3n) is 10.5. The topological polar surface area (TPSA) is 13.1 Å². The summed E-state index contributed by atoms with van der Waals surface area (Å²) in [5, 5.41) is 4.90. The summed E-state index contributed by atoms with van der Waals surface area (Å²) >= 11 is 1.86. The molecule has 10 aromatic rings. The number of benzene rings is 8. The van der Waals surface area contributed by atoms with E-state index in [1.54, 1.807) is 0 Å². The maximum Gasteiger partial charge on any atom is 0.135 e. The quantitative estimate of drug-likeness (QED) is 0.181. The molecule has 0 fully saturated rings. The molecule has 0 bridgehead atoms. The van der Waals surface area contributed by atoms with Gasteiger partial charge in [0.15, 0.2) is 0 Å². The van der Waals surface area contributed by atoms with Gasteiger partial charge in [-0.1, -0.05) is 121 Å². The van der Waals surface area contributed by atoms with E-state index in [1.165, 1.54) is 86.9 Å². The van der Waals surface area contributed by atoms with Gasteiger partial charge in [-0.2, -0.15) is 0 Å². The maximum atomic E-state index is 6.39. The molecule has 11 rings (SSSR count). The SMILES string of the molecule is c1ccc2c(c1)-c1ccccc1-c1ccc(-c3ccc4oc5ccc(-c6ccc7sc8ccccc8c7c6)cc5c4c3)cc1-c1ccccc1-2. The second-order valence-electron chi connectivity index (χ2n) is 13.2. The highest BCUT2D eigenvalue weighted by Crippen LogP contribution is 2.48. The van der Waals surface area contributed by atoms with Gasteiger partial charge in [0, 0.05) is 30.9 Å². The minimum Gasteiger partial charge on any atom is -0.456 e. The molecule has 8 aromatic carbocycles.